The Morgan fingerprint density at radius 3 is 1.37 bits per heavy atom. The van der Waals surface area contributed by atoms with Crippen LogP contribution in [-0.2, 0) is 28.6 Å². The van der Waals surface area contributed by atoms with Crippen molar-refractivity contribution < 1.29 is 28.6 Å². The van der Waals surface area contributed by atoms with Crippen LogP contribution in [-0.4, -0.2) is 37.2 Å². The van der Waals surface area contributed by atoms with Gasteiger partial charge in [-0.05, 0) is 64.2 Å². The second-order valence-corrected chi connectivity index (χ2v) is 13.5. The van der Waals surface area contributed by atoms with Crippen molar-refractivity contribution in [2.24, 2.45) is 0 Å². The summed E-state index contributed by atoms with van der Waals surface area (Å²) in [6.45, 7) is 6.40. The quantitative estimate of drug-likeness (QED) is 0.0282. The number of hydrogen-bond donors (Lipinski definition) is 0. The maximum absolute atomic E-state index is 12.6. The van der Waals surface area contributed by atoms with Crippen LogP contribution in [0.2, 0.25) is 0 Å². The Balaban J connectivity index is 4.39. The first-order valence-electron chi connectivity index (χ1n) is 20.5. The van der Waals surface area contributed by atoms with E-state index in [9.17, 15) is 14.4 Å². The van der Waals surface area contributed by atoms with E-state index in [0.29, 0.717) is 25.7 Å². The number of rotatable bonds is 36. The van der Waals surface area contributed by atoms with E-state index in [2.05, 4.69) is 57.2 Å². The number of hydrogen-bond acceptors (Lipinski definition) is 6. The Bertz CT molecular complexity index is 845. The van der Waals surface area contributed by atoms with Gasteiger partial charge < -0.3 is 14.2 Å². The zero-order valence-corrected chi connectivity index (χ0v) is 32.2. The smallest absolute Gasteiger partial charge is 0.306 e. The molecule has 0 aliphatic heterocycles. The second kappa shape index (κ2) is 38.4. The van der Waals surface area contributed by atoms with Gasteiger partial charge in [-0.1, -0.05) is 154 Å². The third-order valence-electron chi connectivity index (χ3n) is 8.63. The van der Waals surface area contributed by atoms with Crippen LogP contribution in [0.4, 0.5) is 0 Å². The molecule has 0 spiro atoms. The van der Waals surface area contributed by atoms with Gasteiger partial charge in [0, 0.05) is 19.3 Å². The molecular weight excluding hydrogens is 612 g/mol. The average molecular weight is 689 g/mol. The highest BCUT2D eigenvalue weighted by molar-refractivity contribution is 5.71. The topological polar surface area (TPSA) is 78.9 Å². The van der Waals surface area contributed by atoms with Gasteiger partial charge in [-0.15, -0.1) is 0 Å². The molecule has 0 radical (unpaired) electrons. The van der Waals surface area contributed by atoms with Gasteiger partial charge >= 0.3 is 17.9 Å². The van der Waals surface area contributed by atoms with E-state index < -0.39 is 6.10 Å². The molecule has 0 aliphatic carbocycles. The number of ether oxygens (including phenoxy) is 3. The van der Waals surface area contributed by atoms with E-state index in [4.69, 9.17) is 14.2 Å². The second-order valence-electron chi connectivity index (χ2n) is 13.5. The van der Waals surface area contributed by atoms with Gasteiger partial charge in [0.15, 0.2) is 6.10 Å². The molecule has 0 fully saturated rings. The lowest BCUT2D eigenvalue weighted by Gasteiger charge is -2.18. The molecule has 49 heavy (non-hydrogen) atoms. The van der Waals surface area contributed by atoms with E-state index in [1.165, 1.54) is 89.9 Å². The molecule has 1 unspecified atom stereocenters. The molecule has 0 aromatic heterocycles. The van der Waals surface area contributed by atoms with Crippen LogP contribution >= 0.6 is 0 Å². The van der Waals surface area contributed by atoms with Gasteiger partial charge in [-0.25, -0.2) is 0 Å². The minimum absolute atomic E-state index is 0.0922. The van der Waals surface area contributed by atoms with E-state index in [-0.39, 0.29) is 37.5 Å². The summed E-state index contributed by atoms with van der Waals surface area (Å²) in [5.74, 6) is -0.971. The monoisotopic (exact) mass is 689 g/mol. The Morgan fingerprint density at radius 1 is 0.429 bits per heavy atom. The largest absolute Gasteiger partial charge is 0.462 e. The standard InChI is InChI=1S/C43H76O6/c1-4-7-10-13-16-19-20-21-22-25-27-30-33-36-42(45)48-39-40(49-43(46)37-34-31-28-24-18-15-12-9-6-3)38-47-41(44)35-32-29-26-23-17-14-11-8-5-2/h9,12,18,23-24,26,40H,4-8,10-11,13-17,19-22,25,27-39H2,1-3H3/b12-9-,24-18-,26-23-. The number of unbranched alkanes of at least 4 members (excludes halogenated alkanes) is 19. The van der Waals surface area contributed by atoms with Crippen LogP contribution in [0.25, 0.3) is 0 Å². The highest BCUT2D eigenvalue weighted by Gasteiger charge is 2.19. The molecule has 0 aromatic carbocycles. The Kier molecular flexibility index (Phi) is 36.6. The number of esters is 3. The molecule has 0 aromatic rings. The molecule has 6 heteroatoms. The predicted octanol–water partition coefficient (Wildman–Crippen LogP) is 12.6. The van der Waals surface area contributed by atoms with Crippen molar-refractivity contribution in [1.29, 1.82) is 0 Å². The molecule has 0 amide bonds. The molecule has 0 heterocycles. The predicted molar refractivity (Wildman–Crippen MR) is 206 cm³/mol. The van der Waals surface area contributed by atoms with Crippen molar-refractivity contribution >= 4 is 17.9 Å². The molecule has 0 aliphatic rings. The van der Waals surface area contributed by atoms with Gasteiger partial charge in [0.1, 0.15) is 13.2 Å². The van der Waals surface area contributed by atoms with Gasteiger partial charge in [-0.2, -0.15) is 0 Å². The van der Waals surface area contributed by atoms with Crippen molar-refractivity contribution in [3.05, 3.63) is 36.5 Å². The molecular formula is C43H76O6. The number of carbonyl (C=O) groups excluding carboxylic acids is 3. The van der Waals surface area contributed by atoms with Crippen LogP contribution in [0.3, 0.4) is 0 Å². The third kappa shape index (κ3) is 36.7. The summed E-state index contributed by atoms with van der Waals surface area (Å²) in [7, 11) is 0. The SMILES string of the molecule is CC/C=C\C/C=C\CCCCC(=O)OC(COC(=O)CCC/C=C\CCCCCC)COC(=O)CCCCCCCCCCCCCCC. The van der Waals surface area contributed by atoms with E-state index in [1.807, 2.05) is 0 Å². The first-order chi connectivity index (χ1) is 24.0. The third-order valence-corrected chi connectivity index (χ3v) is 8.63. The first kappa shape index (κ1) is 46.6. The van der Waals surface area contributed by atoms with E-state index in [0.717, 1.165) is 57.8 Å². The lowest BCUT2D eigenvalue weighted by Crippen LogP contribution is -2.30. The summed E-state index contributed by atoms with van der Waals surface area (Å²) in [6, 6.07) is 0. The van der Waals surface area contributed by atoms with E-state index >= 15 is 0 Å². The Labute approximate surface area is 302 Å². The molecule has 0 N–H and O–H groups in total. The highest BCUT2D eigenvalue weighted by atomic mass is 16.6. The summed E-state index contributed by atoms with van der Waals surface area (Å²) >= 11 is 0. The van der Waals surface area contributed by atoms with Gasteiger partial charge in [0.25, 0.3) is 0 Å². The van der Waals surface area contributed by atoms with Crippen LogP contribution < -0.4 is 0 Å². The molecule has 1 atom stereocenters. The lowest BCUT2D eigenvalue weighted by molar-refractivity contribution is -0.167. The molecule has 0 bridgehead atoms. The fourth-order valence-corrected chi connectivity index (χ4v) is 5.54. The summed E-state index contributed by atoms with van der Waals surface area (Å²) < 4.78 is 16.5. The lowest BCUT2D eigenvalue weighted by atomic mass is 10.0. The summed E-state index contributed by atoms with van der Waals surface area (Å²) in [6.07, 6.45) is 41.5. The van der Waals surface area contributed by atoms with Crippen molar-refractivity contribution in [2.75, 3.05) is 13.2 Å². The summed E-state index contributed by atoms with van der Waals surface area (Å²) in [5, 5.41) is 0. The minimum atomic E-state index is -0.791. The van der Waals surface area contributed by atoms with Crippen LogP contribution in [0.15, 0.2) is 36.5 Å². The molecule has 0 saturated carbocycles. The maximum atomic E-state index is 12.6. The zero-order chi connectivity index (χ0) is 35.9. The first-order valence-corrected chi connectivity index (χ1v) is 20.5. The number of allylic oxidation sites excluding steroid dienone is 6. The van der Waals surface area contributed by atoms with Crippen LogP contribution in [0, 0.1) is 0 Å². The van der Waals surface area contributed by atoms with Crippen LogP contribution in [0.5, 0.6) is 0 Å². The zero-order valence-electron chi connectivity index (χ0n) is 32.2. The van der Waals surface area contributed by atoms with Crippen molar-refractivity contribution in [3.63, 3.8) is 0 Å². The highest BCUT2D eigenvalue weighted by Crippen LogP contribution is 2.14. The van der Waals surface area contributed by atoms with Crippen molar-refractivity contribution in [3.8, 4) is 0 Å². The van der Waals surface area contributed by atoms with Crippen molar-refractivity contribution in [2.45, 2.75) is 207 Å². The van der Waals surface area contributed by atoms with Gasteiger partial charge in [-0.3, -0.25) is 14.4 Å². The van der Waals surface area contributed by atoms with Gasteiger partial charge in [0.2, 0.25) is 0 Å². The summed E-state index contributed by atoms with van der Waals surface area (Å²) in [4.78, 5) is 37.4. The Morgan fingerprint density at radius 2 is 0.816 bits per heavy atom. The molecule has 0 rings (SSSR count). The Hall–Kier alpha value is -2.37. The minimum Gasteiger partial charge on any atom is -0.462 e. The molecule has 6 nitrogen and oxygen atoms in total. The average Bonchev–Trinajstić information content (AvgIpc) is 3.10. The molecule has 0 saturated heterocycles. The molecule has 284 valence electrons. The maximum Gasteiger partial charge on any atom is 0.306 e. The fraction of sp³-hybridized carbons (Fsp3) is 0.791. The van der Waals surface area contributed by atoms with E-state index in [1.54, 1.807) is 0 Å². The summed E-state index contributed by atoms with van der Waals surface area (Å²) in [5.41, 5.74) is 0. The normalized spacial score (nSPS) is 12.3. The van der Waals surface area contributed by atoms with Crippen molar-refractivity contribution in [1.82, 2.24) is 0 Å². The fourth-order valence-electron chi connectivity index (χ4n) is 5.54. The van der Waals surface area contributed by atoms with Crippen LogP contribution in [0.1, 0.15) is 201 Å². The van der Waals surface area contributed by atoms with Gasteiger partial charge in [0.05, 0.1) is 0 Å². The number of carbonyl (C=O) groups is 3.